The monoisotopic (exact) mass is 319 g/mol. The van der Waals surface area contributed by atoms with Crippen LogP contribution in [0.15, 0.2) is 72.0 Å². The molecule has 4 rings (SSSR count). The number of rotatable bonds is 4. The minimum atomic E-state index is 0.0967. The molecular formula is C18H13N3OS. The molecule has 0 atom stereocenters. The fourth-order valence-corrected chi connectivity index (χ4v) is 3.40. The van der Waals surface area contributed by atoms with Crippen LogP contribution in [-0.4, -0.2) is 26.1 Å². The molecule has 0 radical (unpaired) electrons. The predicted molar refractivity (Wildman–Crippen MR) is 92.0 cm³/mol. The maximum atomic E-state index is 12.6. The van der Waals surface area contributed by atoms with Crippen LogP contribution in [0.25, 0.3) is 16.4 Å². The number of thioether (sulfide) groups is 1. The van der Waals surface area contributed by atoms with Gasteiger partial charge in [-0.05, 0) is 22.9 Å². The molecular weight excluding hydrogens is 306 g/mol. The van der Waals surface area contributed by atoms with Crippen LogP contribution < -0.4 is 0 Å². The molecule has 0 N–H and O–H groups in total. The summed E-state index contributed by atoms with van der Waals surface area (Å²) in [6.45, 7) is 0. The molecule has 2 aromatic carbocycles. The van der Waals surface area contributed by atoms with Gasteiger partial charge in [-0.3, -0.25) is 9.20 Å². The Morgan fingerprint density at radius 2 is 1.78 bits per heavy atom. The minimum Gasteiger partial charge on any atom is -0.293 e. The Morgan fingerprint density at radius 1 is 0.957 bits per heavy atom. The van der Waals surface area contributed by atoms with Gasteiger partial charge in [0.15, 0.2) is 16.6 Å². The van der Waals surface area contributed by atoms with Crippen molar-refractivity contribution in [2.45, 2.75) is 5.16 Å². The fourth-order valence-electron chi connectivity index (χ4n) is 2.59. The van der Waals surface area contributed by atoms with Crippen molar-refractivity contribution in [3.05, 3.63) is 72.4 Å². The van der Waals surface area contributed by atoms with Gasteiger partial charge in [0.05, 0.1) is 5.75 Å². The molecule has 0 aliphatic heterocycles. The highest BCUT2D eigenvalue weighted by Gasteiger charge is 2.12. The molecule has 23 heavy (non-hydrogen) atoms. The molecule has 4 aromatic rings. The average Bonchev–Trinajstić information content (AvgIpc) is 3.02. The molecule has 0 bridgehead atoms. The highest BCUT2D eigenvalue weighted by molar-refractivity contribution is 7.99. The van der Waals surface area contributed by atoms with Crippen LogP contribution in [-0.2, 0) is 0 Å². The van der Waals surface area contributed by atoms with E-state index in [0.29, 0.717) is 5.75 Å². The van der Waals surface area contributed by atoms with E-state index < -0.39 is 0 Å². The van der Waals surface area contributed by atoms with Gasteiger partial charge >= 0.3 is 0 Å². The highest BCUT2D eigenvalue weighted by atomic mass is 32.2. The number of aromatic nitrogens is 3. The minimum absolute atomic E-state index is 0.0967. The fraction of sp³-hybridized carbons (Fsp3) is 0.0556. The topological polar surface area (TPSA) is 47.3 Å². The van der Waals surface area contributed by atoms with Crippen LogP contribution >= 0.6 is 11.8 Å². The van der Waals surface area contributed by atoms with E-state index in [4.69, 9.17) is 0 Å². The molecule has 2 aromatic heterocycles. The quantitative estimate of drug-likeness (QED) is 0.423. The zero-order valence-electron chi connectivity index (χ0n) is 12.2. The van der Waals surface area contributed by atoms with E-state index in [1.165, 1.54) is 11.8 Å². The summed E-state index contributed by atoms with van der Waals surface area (Å²) in [6, 6.07) is 19.5. The van der Waals surface area contributed by atoms with Crippen LogP contribution in [0.3, 0.4) is 0 Å². The molecule has 0 fully saturated rings. The van der Waals surface area contributed by atoms with Gasteiger partial charge in [0.25, 0.3) is 0 Å². The van der Waals surface area contributed by atoms with Gasteiger partial charge in [0.1, 0.15) is 0 Å². The molecule has 112 valence electrons. The van der Waals surface area contributed by atoms with E-state index in [2.05, 4.69) is 10.2 Å². The molecule has 0 saturated carbocycles. The summed E-state index contributed by atoms with van der Waals surface area (Å²) in [5.41, 5.74) is 1.54. The van der Waals surface area contributed by atoms with Gasteiger partial charge in [-0.15, -0.1) is 10.2 Å². The van der Waals surface area contributed by atoms with Crippen LogP contribution in [0.5, 0.6) is 0 Å². The first-order chi connectivity index (χ1) is 11.3. The van der Waals surface area contributed by atoms with Gasteiger partial charge in [-0.2, -0.15) is 0 Å². The Morgan fingerprint density at radius 3 is 2.74 bits per heavy atom. The molecule has 2 heterocycles. The van der Waals surface area contributed by atoms with Gasteiger partial charge in [0, 0.05) is 11.8 Å². The van der Waals surface area contributed by atoms with E-state index in [0.717, 1.165) is 27.1 Å². The molecule has 0 aliphatic carbocycles. The lowest BCUT2D eigenvalue weighted by atomic mass is 10.0. The first-order valence-electron chi connectivity index (χ1n) is 7.26. The van der Waals surface area contributed by atoms with E-state index in [1.54, 1.807) is 0 Å². The highest BCUT2D eigenvalue weighted by Crippen LogP contribution is 2.22. The summed E-state index contributed by atoms with van der Waals surface area (Å²) < 4.78 is 1.89. The third-order valence-electron chi connectivity index (χ3n) is 3.70. The van der Waals surface area contributed by atoms with Crippen molar-refractivity contribution in [2.75, 3.05) is 5.75 Å². The van der Waals surface area contributed by atoms with Gasteiger partial charge in [-0.25, -0.2) is 0 Å². The van der Waals surface area contributed by atoms with E-state index in [1.807, 2.05) is 71.3 Å². The lowest BCUT2D eigenvalue weighted by Gasteiger charge is -2.05. The van der Waals surface area contributed by atoms with Crippen molar-refractivity contribution in [1.29, 1.82) is 0 Å². The van der Waals surface area contributed by atoms with Crippen molar-refractivity contribution in [1.82, 2.24) is 14.6 Å². The zero-order valence-corrected chi connectivity index (χ0v) is 13.0. The second-order valence-electron chi connectivity index (χ2n) is 5.15. The van der Waals surface area contributed by atoms with Gasteiger partial charge in [-0.1, -0.05) is 60.3 Å². The second kappa shape index (κ2) is 5.85. The van der Waals surface area contributed by atoms with Crippen molar-refractivity contribution in [2.24, 2.45) is 0 Å². The summed E-state index contributed by atoms with van der Waals surface area (Å²) in [6.07, 6.45) is 1.90. The van der Waals surface area contributed by atoms with Crippen molar-refractivity contribution >= 4 is 34.0 Å². The Hall–Kier alpha value is -2.66. The van der Waals surface area contributed by atoms with E-state index in [-0.39, 0.29) is 5.78 Å². The number of nitrogens with zero attached hydrogens (tertiary/aromatic N) is 3. The maximum absolute atomic E-state index is 12.6. The number of hydrogen-bond acceptors (Lipinski definition) is 4. The summed E-state index contributed by atoms with van der Waals surface area (Å²) in [7, 11) is 0. The standard InChI is InChI=1S/C18H13N3OS/c22-16(15-9-5-7-13-6-1-2-8-14(13)15)12-23-18-20-19-17-10-3-4-11-21(17)18/h1-11H,12H2. The van der Waals surface area contributed by atoms with Crippen LogP contribution in [0.4, 0.5) is 0 Å². The van der Waals surface area contributed by atoms with Gasteiger partial charge in [0.2, 0.25) is 0 Å². The number of hydrogen-bond donors (Lipinski definition) is 0. The third kappa shape index (κ3) is 2.59. The smallest absolute Gasteiger partial charge is 0.196 e. The first-order valence-corrected chi connectivity index (χ1v) is 8.25. The number of Topliss-reactive ketones (excluding diaryl/α,β-unsaturated/α-hetero) is 1. The van der Waals surface area contributed by atoms with Crippen LogP contribution in [0.2, 0.25) is 0 Å². The number of fused-ring (bicyclic) bond motifs is 2. The molecule has 0 saturated heterocycles. The van der Waals surface area contributed by atoms with Crippen molar-refractivity contribution < 1.29 is 4.79 Å². The largest absolute Gasteiger partial charge is 0.293 e. The lowest BCUT2D eigenvalue weighted by Crippen LogP contribution is -2.04. The molecule has 0 unspecified atom stereocenters. The van der Waals surface area contributed by atoms with E-state index in [9.17, 15) is 4.79 Å². The van der Waals surface area contributed by atoms with Crippen LogP contribution in [0, 0.1) is 0 Å². The molecule has 5 heteroatoms. The Kier molecular flexibility index (Phi) is 3.55. The number of benzene rings is 2. The van der Waals surface area contributed by atoms with Crippen molar-refractivity contribution in [3.63, 3.8) is 0 Å². The molecule has 0 amide bonds. The number of pyridine rings is 1. The zero-order chi connectivity index (χ0) is 15.6. The summed E-state index contributed by atoms with van der Waals surface area (Å²) >= 11 is 1.41. The maximum Gasteiger partial charge on any atom is 0.196 e. The van der Waals surface area contributed by atoms with Crippen molar-refractivity contribution in [3.8, 4) is 0 Å². The first kappa shape index (κ1) is 14.0. The third-order valence-corrected chi connectivity index (χ3v) is 4.65. The Balaban J connectivity index is 1.60. The molecule has 0 spiro atoms. The average molecular weight is 319 g/mol. The normalized spacial score (nSPS) is 11.1. The van der Waals surface area contributed by atoms with E-state index >= 15 is 0 Å². The summed E-state index contributed by atoms with van der Waals surface area (Å²) in [4.78, 5) is 12.6. The number of ketones is 1. The SMILES string of the molecule is O=C(CSc1nnc2ccccn12)c1cccc2ccccc12. The Labute approximate surface area is 137 Å². The number of carbonyl (C=O) groups excluding carboxylic acids is 1. The molecule has 4 nitrogen and oxygen atoms in total. The number of carbonyl (C=O) groups is 1. The molecule has 0 aliphatic rings. The lowest BCUT2D eigenvalue weighted by molar-refractivity contribution is 0.102. The van der Waals surface area contributed by atoms with Crippen LogP contribution in [0.1, 0.15) is 10.4 Å². The Bertz CT molecular complexity index is 1000. The summed E-state index contributed by atoms with van der Waals surface area (Å²) in [5.74, 6) is 0.434. The van der Waals surface area contributed by atoms with Gasteiger partial charge < -0.3 is 0 Å². The summed E-state index contributed by atoms with van der Waals surface area (Å²) in [5, 5.41) is 11.1. The predicted octanol–water partition coefficient (Wildman–Crippen LogP) is 3.86. The second-order valence-corrected chi connectivity index (χ2v) is 6.09.